The number of nitrogens with two attached hydrogens (primary N) is 1. The van der Waals surface area contributed by atoms with Gasteiger partial charge in [0.05, 0.1) is 5.69 Å². The first-order chi connectivity index (χ1) is 9.15. The zero-order chi connectivity index (χ0) is 13.4. The minimum atomic E-state index is 0.898. The van der Waals surface area contributed by atoms with E-state index in [0.717, 1.165) is 43.2 Å². The van der Waals surface area contributed by atoms with Crippen LogP contribution in [-0.2, 0) is 19.5 Å². The summed E-state index contributed by atoms with van der Waals surface area (Å²) >= 11 is 0. The lowest BCUT2D eigenvalue weighted by atomic mass is 9.97. The molecule has 4 heteroatoms. The molecule has 1 aromatic carbocycles. The molecule has 0 atom stereocenters. The van der Waals surface area contributed by atoms with Crippen LogP contribution < -0.4 is 5.73 Å². The predicted molar refractivity (Wildman–Crippen MR) is 74.6 cm³/mol. The monoisotopic (exact) mass is 257 g/mol. The lowest BCUT2D eigenvalue weighted by molar-refractivity contribution is 0.244. The van der Waals surface area contributed by atoms with E-state index in [2.05, 4.69) is 16.1 Å². The largest absolute Gasteiger partial charge is 0.398 e. The molecule has 3 rings (SSSR count). The molecule has 0 spiro atoms. The number of hydrogen-bond donors (Lipinski definition) is 1. The summed E-state index contributed by atoms with van der Waals surface area (Å²) < 4.78 is 5.23. The molecule has 0 fully saturated rings. The fraction of sp³-hybridized carbons (Fsp3) is 0.400. The molecule has 0 saturated heterocycles. The molecule has 19 heavy (non-hydrogen) atoms. The molecule has 4 nitrogen and oxygen atoms in total. The summed E-state index contributed by atoms with van der Waals surface area (Å²) in [7, 11) is 0. The topological polar surface area (TPSA) is 55.3 Å². The van der Waals surface area contributed by atoms with Crippen molar-refractivity contribution in [3.05, 3.63) is 46.3 Å². The molecule has 2 aromatic rings. The van der Waals surface area contributed by atoms with Gasteiger partial charge < -0.3 is 10.3 Å². The molecule has 0 bridgehead atoms. The van der Waals surface area contributed by atoms with Crippen molar-refractivity contribution in [3.8, 4) is 0 Å². The van der Waals surface area contributed by atoms with Crippen LogP contribution in [-0.4, -0.2) is 16.6 Å². The number of aryl methyl sites for hydroxylation is 2. The third kappa shape index (κ3) is 2.24. The first-order valence-corrected chi connectivity index (χ1v) is 6.65. The van der Waals surface area contributed by atoms with Crippen LogP contribution >= 0.6 is 0 Å². The van der Waals surface area contributed by atoms with Gasteiger partial charge in [-0.05, 0) is 37.5 Å². The molecular formula is C15H19N3O. The smallest absolute Gasteiger partial charge is 0.138 e. The van der Waals surface area contributed by atoms with Crippen molar-refractivity contribution >= 4 is 5.69 Å². The van der Waals surface area contributed by atoms with Gasteiger partial charge in [-0.25, -0.2) is 0 Å². The van der Waals surface area contributed by atoms with E-state index in [1.165, 1.54) is 16.7 Å². The zero-order valence-corrected chi connectivity index (χ0v) is 11.4. The number of nitrogens with zero attached hydrogens (tertiary/aromatic N) is 2. The van der Waals surface area contributed by atoms with Crippen LogP contribution in [0, 0.1) is 13.8 Å². The summed E-state index contributed by atoms with van der Waals surface area (Å²) in [4.78, 5) is 2.42. The number of rotatable bonds is 2. The number of aromatic nitrogens is 1. The maximum absolute atomic E-state index is 6.03. The van der Waals surface area contributed by atoms with Crippen molar-refractivity contribution in [2.75, 3.05) is 12.3 Å². The molecule has 0 amide bonds. The van der Waals surface area contributed by atoms with Gasteiger partial charge in [0.15, 0.2) is 0 Å². The van der Waals surface area contributed by atoms with E-state index < -0.39 is 0 Å². The molecule has 1 aliphatic rings. The second-order valence-electron chi connectivity index (χ2n) is 5.25. The van der Waals surface area contributed by atoms with Crippen molar-refractivity contribution < 1.29 is 4.52 Å². The van der Waals surface area contributed by atoms with Gasteiger partial charge in [0.1, 0.15) is 5.76 Å². The van der Waals surface area contributed by atoms with Gasteiger partial charge in [0.25, 0.3) is 0 Å². The fourth-order valence-corrected chi connectivity index (χ4v) is 2.78. The molecule has 0 radical (unpaired) electrons. The van der Waals surface area contributed by atoms with Gasteiger partial charge >= 0.3 is 0 Å². The summed E-state index contributed by atoms with van der Waals surface area (Å²) in [6, 6.07) is 6.20. The summed E-state index contributed by atoms with van der Waals surface area (Å²) in [5.41, 5.74) is 11.8. The number of fused-ring (bicyclic) bond motifs is 1. The van der Waals surface area contributed by atoms with E-state index in [1.807, 2.05) is 26.0 Å². The van der Waals surface area contributed by atoms with E-state index in [1.54, 1.807) is 0 Å². The molecule has 0 aliphatic carbocycles. The quantitative estimate of drug-likeness (QED) is 0.839. The van der Waals surface area contributed by atoms with Gasteiger partial charge in [-0.1, -0.05) is 17.3 Å². The second kappa shape index (κ2) is 4.70. The lowest BCUT2D eigenvalue weighted by Crippen LogP contribution is -2.30. The minimum Gasteiger partial charge on any atom is -0.398 e. The van der Waals surface area contributed by atoms with Crippen LogP contribution in [0.25, 0.3) is 0 Å². The van der Waals surface area contributed by atoms with Gasteiger partial charge in [0.2, 0.25) is 0 Å². The highest BCUT2D eigenvalue weighted by Gasteiger charge is 2.20. The van der Waals surface area contributed by atoms with Gasteiger partial charge in [0, 0.05) is 30.9 Å². The second-order valence-corrected chi connectivity index (χ2v) is 5.25. The molecule has 2 N–H and O–H groups in total. The van der Waals surface area contributed by atoms with Crippen molar-refractivity contribution in [3.63, 3.8) is 0 Å². The van der Waals surface area contributed by atoms with Crippen molar-refractivity contribution in [2.45, 2.75) is 33.4 Å². The van der Waals surface area contributed by atoms with Crippen LogP contribution in [0.1, 0.15) is 28.1 Å². The molecular weight excluding hydrogens is 238 g/mol. The Bertz CT molecular complexity index is 584. The Labute approximate surface area is 113 Å². The van der Waals surface area contributed by atoms with Crippen molar-refractivity contribution in [1.82, 2.24) is 10.1 Å². The number of anilines is 1. The normalized spacial score (nSPS) is 15.5. The third-order valence-corrected chi connectivity index (χ3v) is 3.94. The van der Waals surface area contributed by atoms with Crippen molar-refractivity contribution in [2.24, 2.45) is 0 Å². The van der Waals surface area contributed by atoms with Gasteiger partial charge in [-0.3, -0.25) is 4.90 Å². The van der Waals surface area contributed by atoms with Gasteiger partial charge in [-0.2, -0.15) is 0 Å². The van der Waals surface area contributed by atoms with E-state index >= 15 is 0 Å². The molecule has 1 aliphatic heterocycles. The maximum atomic E-state index is 6.03. The molecule has 0 unspecified atom stereocenters. The average Bonchev–Trinajstić information content (AvgIpc) is 2.71. The molecule has 0 saturated carbocycles. The zero-order valence-electron chi connectivity index (χ0n) is 11.4. The number of hydrogen-bond acceptors (Lipinski definition) is 4. The highest BCUT2D eigenvalue weighted by atomic mass is 16.5. The van der Waals surface area contributed by atoms with E-state index in [-0.39, 0.29) is 0 Å². The van der Waals surface area contributed by atoms with Crippen LogP contribution in [0.15, 0.2) is 22.7 Å². The SMILES string of the molecule is Cc1noc(C)c1CN1CCc2c(N)cccc2C1. The van der Waals surface area contributed by atoms with Crippen LogP contribution in [0.4, 0.5) is 5.69 Å². The van der Waals surface area contributed by atoms with E-state index in [4.69, 9.17) is 10.3 Å². The summed E-state index contributed by atoms with van der Waals surface area (Å²) in [5, 5.41) is 4.02. The lowest BCUT2D eigenvalue weighted by Gasteiger charge is -2.29. The highest BCUT2D eigenvalue weighted by molar-refractivity contribution is 5.51. The van der Waals surface area contributed by atoms with Crippen LogP contribution in [0.3, 0.4) is 0 Å². The summed E-state index contributed by atoms with van der Waals surface area (Å²) in [6.07, 6.45) is 1.02. The van der Waals surface area contributed by atoms with Gasteiger partial charge in [-0.15, -0.1) is 0 Å². The van der Waals surface area contributed by atoms with Crippen LogP contribution in [0.5, 0.6) is 0 Å². The Morgan fingerprint density at radius 3 is 2.95 bits per heavy atom. The third-order valence-electron chi connectivity index (χ3n) is 3.94. The predicted octanol–water partition coefficient (Wildman–Crippen LogP) is 2.43. The Balaban J connectivity index is 1.80. The fourth-order valence-electron chi connectivity index (χ4n) is 2.78. The molecule has 100 valence electrons. The van der Waals surface area contributed by atoms with E-state index in [0.29, 0.717) is 0 Å². The minimum absolute atomic E-state index is 0.898. The standard InChI is InChI=1S/C15H19N3O/c1-10-14(11(2)19-17-10)9-18-7-6-13-12(8-18)4-3-5-15(13)16/h3-5H,6-9,16H2,1-2H3. The summed E-state index contributed by atoms with van der Waals surface area (Å²) in [6.45, 7) is 6.86. The first kappa shape index (κ1) is 12.2. The first-order valence-electron chi connectivity index (χ1n) is 6.65. The molecule has 2 heterocycles. The Hall–Kier alpha value is -1.81. The maximum Gasteiger partial charge on any atom is 0.138 e. The average molecular weight is 257 g/mol. The van der Waals surface area contributed by atoms with Crippen LogP contribution in [0.2, 0.25) is 0 Å². The number of benzene rings is 1. The Kier molecular flexibility index (Phi) is 3.03. The van der Waals surface area contributed by atoms with Crippen molar-refractivity contribution in [1.29, 1.82) is 0 Å². The highest BCUT2D eigenvalue weighted by Crippen LogP contribution is 2.26. The summed E-state index contributed by atoms with van der Waals surface area (Å²) in [5.74, 6) is 0.927. The number of nitrogen functional groups attached to an aromatic ring is 1. The molecule has 1 aromatic heterocycles. The Morgan fingerprint density at radius 1 is 1.37 bits per heavy atom. The van der Waals surface area contributed by atoms with E-state index in [9.17, 15) is 0 Å². The Morgan fingerprint density at radius 2 is 2.21 bits per heavy atom.